The molecule has 1 N–H and O–H groups in total. The Morgan fingerprint density at radius 2 is 1.95 bits per heavy atom. The second-order valence-corrected chi connectivity index (χ2v) is 4.43. The van der Waals surface area contributed by atoms with Crippen molar-refractivity contribution in [2.45, 2.75) is 13.1 Å². The van der Waals surface area contributed by atoms with Crippen LogP contribution in [0, 0.1) is 0 Å². The van der Waals surface area contributed by atoms with Gasteiger partial charge in [0.25, 0.3) is 0 Å². The highest BCUT2D eigenvalue weighted by Gasteiger charge is 2.07. The molecule has 2 aromatic heterocycles. The van der Waals surface area contributed by atoms with Crippen LogP contribution < -0.4 is 5.32 Å². The van der Waals surface area contributed by atoms with Crippen LogP contribution in [0.3, 0.4) is 0 Å². The van der Waals surface area contributed by atoms with Crippen molar-refractivity contribution in [2.24, 2.45) is 7.05 Å². The van der Waals surface area contributed by atoms with Crippen LogP contribution in [0.1, 0.15) is 11.5 Å². The highest BCUT2D eigenvalue weighted by atomic mass is 15.5. The maximum Gasteiger partial charge on any atom is 0.170 e. The molecular formula is C13H15N7. The number of aromatic nitrogens is 6. The fraction of sp³-hybridized carbons (Fsp3) is 0.231. The molecule has 7 nitrogen and oxygen atoms in total. The fourth-order valence-electron chi connectivity index (χ4n) is 1.95. The van der Waals surface area contributed by atoms with Gasteiger partial charge in [-0.05, 0) is 28.6 Å². The van der Waals surface area contributed by atoms with Crippen molar-refractivity contribution in [3.63, 3.8) is 0 Å². The van der Waals surface area contributed by atoms with Gasteiger partial charge in [-0.2, -0.15) is 9.78 Å². The van der Waals surface area contributed by atoms with Crippen LogP contribution in [0.5, 0.6) is 0 Å². The minimum absolute atomic E-state index is 0.582. The van der Waals surface area contributed by atoms with Gasteiger partial charge in [0.2, 0.25) is 0 Å². The van der Waals surface area contributed by atoms with E-state index < -0.39 is 0 Å². The average Bonchev–Trinajstić information content (AvgIpc) is 3.09. The molecule has 2 heterocycles. The Morgan fingerprint density at radius 1 is 1.10 bits per heavy atom. The molecule has 0 fully saturated rings. The second-order valence-electron chi connectivity index (χ2n) is 4.43. The van der Waals surface area contributed by atoms with Gasteiger partial charge in [-0.3, -0.25) is 4.68 Å². The van der Waals surface area contributed by atoms with E-state index in [0.717, 1.165) is 17.2 Å². The molecule has 3 aromatic rings. The zero-order valence-corrected chi connectivity index (χ0v) is 11.1. The SMILES string of the molecule is Cn1ccc(CNCc2nnnn2-c2ccccc2)n1. The van der Waals surface area contributed by atoms with Crippen molar-refractivity contribution in [3.8, 4) is 5.69 Å². The quantitative estimate of drug-likeness (QED) is 0.737. The lowest BCUT2D eigenvalue weighted by molar-refractivity contribution is 0.622. The van der Waals surface area contributed by atoms with E-state index in [1.165, 1.54) is 0 Å². The van der Waals surface area contributed by atoms with Gasteiger partial charge in [0.1, 0.15) is 0 Å². The number of tetrazole rings is 1. The maximum atomic E-state index is 4.31. The van der Waals surface area contributed by atoms with Crippen LogP contribution in [-0.2, 0) is 20.1 Å². The number of benzene rings is 1. The molecule has 102 valence electrons. The van der Waals surface area contributed by atoms with Gasteiger partial charge in [-0.1, -0.05) is 18.2 Å². The van der Waals surface area contributed by atoms with Crippen molar-refractivity contribution in [3.05, 3.63) is 54.1 Å². The molecule has 3 rings (SSSR count). The summed E-state index contributed by atoms with van der Waals surface area (Å²) < 4.78 is 3.51. The second kappa shape index (κ2) is 5.62. The Balaban J connectivity index is 1.65. The van der Waals surface area contributed by atoms with E-state index in [4.69, 9.17) is 0 Å². The first-order valence-electron chi connectivity index (χ1n) is 6.35. The highest BCUT2D eigenvalue weighted by Crippen LogP contribution is 2.06. The molecule has 0 atom stereocenters. The van der Waals surface area contributed by atoms with E-state index in [1.54, 1.807) is 9.36 Å². The summed E-state index contributed by atoms with van der Waals surface area (Å²) in [5.41, 5.74) is 1.94. The van der Waals surface area contributed by atoms with Crippen molar-refractivity contribution in [2.75, 3.05) is 0 Å². The molecule has 7 heteroatoms. The summed E-state index contributed by atoms with van der Waals surface area (Å²) in [5, 5.41) is 19.4. The van der Waals surface area contributed by atoms with E-state index in [1.807, 2.05) is 49.6 Å². The molecule has 20 heavy (non-hydrogen) atoms. The number of nitrogens with one attached hydrogen (secondary N) is 1. The molecule has 0 unspecified atom stereocenters. The van der Waals surface area contributed by atoms with Crippen LogP contribution in [0.15, 0.2) is 42.6 Å². The van der Waals surface area contributed by atoms with Gasteiger partial charge in [0.05, 0.1) is 17.9 Å². The smallest absolute Gasteiger partial charge is 0.170 e. The summed E-state index contributed by atoms with van der Waals surface area (Å²) in [6.07, 6.45) is 1.92. The van der Waals surface area contributed by atoms with E-state index in [2.05, 4.69) is 25.9 Å². The first-order valence-corrected chi connectivity index (χ1v) is 6.35. The first-order chi connectivity index (χ1) is 9.83. The van der Waals surface area contributed by atoms with Gasteiger partial charge in [0, 0.05) is 19.8 Å². The average molecular weight is 269 g/mol. The Morgan fingerprint density at radius 3 is 2.70 bits per heavy atom. The lowest BCUT2D eigenvalue weighted by Gasteiger charge is -2.04. The third-order valence-corrected chi connectivity index (χ3v) is 2.89. The Kier molecular flexibility index (Phi) is 3.51. The number of para-hydroxylation sites is 1. The number of rotatable bonds is 5. The molecule has 1 aromatic carbocycles. The summed E-state index contributed by atoms with van der Waals surface area (Å²) >= 11 is 0. The summed E-state index contributed by atoms with van der Waals surface area (Å²) in [6.45, 7) is 1.26. The lowest BCUT2D eigenvalue weighted by Crippen LogP contribution is -2.17. The van der Waals surface area contributed by atoms with E-state index >= 15 is 0 Å². The van der Waals surface area contributed by atoms with Crippen LogP contribution >= 0.6 is 0 Å². The largest absolute Gasteiger partial charge is 0.304 e. The normalized spacial score (nSPS) is 10.8. The van der Waals surface area contributed by atoms with E-state index in [9.17, 15) is 0 Å². The molecule has 0 radical (unpaired) electrons. The molecule has 0 aliphatic carbocycles. The molecule has 0 aliphatic heterocycles. The van der Waals surface area contributed by atoms with Gasteiger partial charge in [-0.15, -0.1) is 5.10 Å². The molecule has 0 saturated heterocycles. The van der Waals surface area contributed by atoms with Crippen molar-refractivity contribution < 1.29 is 0 Å². The minimum Gasteiger partial charge on any atom is -0.304 e. The first kappa shape index (κ1) is 12.5. The van der Waals surface area contributed by atoms with Crippen molar-refractivity contribution in [1.29, 1.82) is 0 Å². The van der Waals surface area contributed by atoms with Crippen LogP contribution in [0.2, 0.25) is 0 Å². The summed E-state index contributed by atoms with van der Waals surface area (Å²) in [5.74, 6) is 0.770. The minimum atomic E-state index is 0.582. The summed E-state index contributed by atoms with van der Waals surface area (Å²) in [4.78, 5) is 0. The van der Waals surface area contributed by atoms with Crippen LogP contribution in [0.25, 0.3) is 5.69 Å². The molecular weight excluding hydrogens is 254 g/mol. The fourth-order valence-corrected chi connectivity index (χ4v) is 1.95. The molecule has 0 saturated carbocycles. The summed E-state index contributed by atoms with van der Waals surface area (Å²) in [6, 6.07) is 11.8. The van der Waals surface area contributed by atoms with Gasteiger partial charge < -0.3 is 5.32 Å². The third-order valence-electron chi connectivity index (χ3n) is 2.89. The lowest BCUT2D eigenvalue weighted by atomic mass is 10.3. The Bertz CT molecular complexity index is 671. The predicted molar refractivity (Wildman–Crippen MR) is 72.9 cm³/mol. The maximum absolute atomic E-state index is 4.31. The topological polar surface area (TPSA) is 73.5 Å². The third kappa shape index (κ3) is 2.72. The molecule has 0 bridgehead atoms. The number of aryl methyl sites for hydroxylation is 1. The van der Waals surface area contributed by atoms with Gasteiger partial charge in [0.15, 0.2) is 5.82 Å². The monoisotopic (exact) mass is 269 g/mol. The Labute approximate surface area is 116 Å². The predicted octanol–water partition coefficient (Wildman–Crippen LogP) is 0.686. The van der Waals surface area contributed by atoms with E-state index in [-0.39, 0.29) is 0 Å². The summed E-state index contributed by atoms with van der Waals surface area (Å²) in [7, 11) is 1.90. The van der Waals surface area contributed by atoms with Gasteiger partial charge >= 0.3 is 0 Å². The van der Waals surface area contributed by atoms with Crippen LogP contribution in [0.4, 0.5) is 0 Å². The Hall–Kier alpha value is -2.54. The number of hydrogen-bond acceptors (Lipinski definition) is 5. The zero-order valence-electron chi connectivity index (χ0n) is 11.1. The van der Waals surface area contributed by atoms with Crippen molar-refractivity contribution in [1.82, 2.24) is 35.3 Å². The standard InChI is InChI=1S/C13H15N7/c1-19-8-7-11(16-19)9-14-10-13-15-17-18-20(13)12-5-3-2-4-6-12/h2-8,14H,9-10H2,1H3. The van der Waals surface area contributed by atoms with E-state index in [0.29, 0.717) is 13.1 Å². The number of hydrogen-bond donors (Lipinski definition) is 1. The highest BCUT2D eigenvalue weighted by molar-refractivity contribution is 5.30. The van der Waals surface area contributed by atoms with Crippen LogP contribution in [-0.4, -0.2) is 30.0 Å². The zero-order chi connectivity index (χ0) is 13.8. The molecule has 0 spiro atoms. The number of nitrogens with zero attached hydrogens (tertiary/aromatic N) is 6. The van der Waals surface area contributed by atoms with Gasteiger partial charge in [-0.25, -0.2) is 0 Å². The van der Waals surface area contributed by atoms with Crippen molar-refractivity contribution >= 4 is 0 Å². The molecule has 0 aliphatic rings. The molecule has 0 amide bonds.